The molecule has 1 unspecified atom stereocenters. The predicted molar refractivity (Wildman–Crippen MR) is 92.2 cm³/mol. The van der Waals surface area contributed by atoms with E-state index in [0.29, 0.717) is 3.67 Å². The molecule has 0 N–H and O–H groups in total. The van der Waals surface area contributed by atoms with Crippen molar-refractivity contribution >= 4 is 24.0 Å². The van der Waals surface area contributed by atoms with Gasteiger partial charge in [0.15, 0.2) is 0 Å². The third-order valence-electron chi connectivity index (χ3n) is 5.55. The van der Waals surface area contributed by atoms with Crippen LogP contribution in [-0.2, 0) is 24.4 Å². The minimum Gasteiger partial charge on any atom is -1.00 e. The van der Waals surface area contributed by atoms with Gasteiger partial charge in [0.1, 0.15) is 0 Å². The first-order valence-electron chi connectivity index (χ1n) is 7.99. The molecule has 2 aliphatic carbocycles. The molecule has 24 heavy (non-hydrogen) atoms. The second kappa shape index (κ2) is 6.09. The minimum absolute atomic E-state index is 0. The molecule has 0 nitrogen and oxygen atoms in total. The van der Waals surface area contributed by atoms with E-state index < -0.39 is 8.07 Å². The van der Waals surface area contributed by atoms with Crippen molar-refractivity contribution in [2.45, 2.75) is 23.2 Å². The van der Waals surface area contributed by atoms with Gasteiger partial charge in [-0.25, -0.2) is 0 Å². The van der Waals surface area contributed by atoms with Crippen LogP contribution in [-0.4, -0.2) is 8.07 Å². The van der Waals surface area contributed by atoms with E-state index >= 15 is 0 Å². The Morgan fingerprint density at radius 3 is 2.54 bits per heavy atom. The molecule has 0 fully saturated rings. The molecule has 1 heterocycles. The van der Waals surface area contributed by atoms with Gasteiger partial charge < -0.3 is 24.8 Å². The van der Waals surface area contributed by atoms with Crippen LogP contribution in [0.1, 0.15) is 26.8 Å². The summed E-state index contributed by atoms with van der Waals surface area (Å²) in [5.74, 6) is 0. The molecular formula is C20H17Cl2HfSi. The molecule has 0 radical (unpaired) electrons. The molecule has 4 heteroatoms. The predicted octanol–water partition coefficient (Wildman–Crippen LogP) is -2.21. The Labute approximate surface area is 171 Å². The SMILES string of the molecule is C[Si]1(C)c2cc3c(c(C4=CC=CC4)c21)[CH]([Hf+2])c1ccccc1-3.[Cl-].[Cl-]. The van der Waals surface area contributed by atoms with Gasteiger partial charge in [-0.05, 0) is 0 Å². The summed E-state index contributed by atoms with van der Waals surface area (Å²) in [4.78, 5) is 0. The summed E-state index contributed by atoms with van der Waals surface area (Å²) in [6, 6.07) is 11.6. The first kappa shape index (κ1) is 18.4. The zero-order chi connectivity index (χ0) is 15.1. The van der Waals surface area contributed by atoms with E-state index in [4.69, 9.17) is 0 Å². The summed E-state index contributed by atoms with van der Waals surface area (Å²) in [7, 11) is -1.26. The number of rotatable bonds is 1. The Morgan fingerprint density at radius 2 is 1.83 bits per heavy atom. The number of fused-ring (bicyclic) bond motifs is 4. The molecule has 3 aliphatic rings. The van der Waals surface area contributed by atoms with Gasteiger partial charge in [0.25, 0.3) is 0 Å². The van der Waals surface area contributed by atoms with E-state index in [1.54, 1.807) is 38.2 Å². The Balaban J connectivity index is 0.000000845. The maximum atomic E-state index is 2.56. The van der Waals surface area contributed by atoms with E-state index in [1.807, 2.05) is 0 Å². The van der Waals surface area contributed by atoms with Crippen LogP contribution < -0.4 is 35.2 Å². The van der Waals surface area contributed by atoms with Crippen molar-refractivity contribution < 1.29 is 49.2 Å². The number of allylic oxidation sites excluding steroid dienone is 4. The minimum atomic E-state index is -1.26. The summed E-state index contributed by atoms with van der Waals surface area (Å²) in [5.41, 5.74) is 9.52. The molecule has 0 saturated heterocycles. The van der Waals surface area contributed by atoms with Gasteiger partial charge in [-0.3, -0.25) is 0 Å². The van der Waals surface area contributed by atoms with Crippen molar-refractivity contribution in [2.24, 2.45) is 0 Å². The Morgan fingerprint density at radius 1 is 1.08 bits per heavy atom. The third kappa shape index (κ3) is 2.26. The first-order chi connectivity index (χ1) is 10.6. The van der Waals surface area contributed by atoms with Crippen LogP contribution in [0.5, 0.6) is 0 Å². The molecule has 2 aromatic carbocycles. The third-order valence-corrected chi connectivity index (χ3v) is 11.0. The van der Waals surface area contributed by atoms with Crippen LogP contribution >= 0.6 is 0 Å². The van der Waals surface area contributed by atoms with Crippen LogP contribution in [0.3, 0.4) is 0 Å². The van der Waals surface area contributed by atoms with Crippen molar-refractivity contribution in [1.82, 2.24) is 0 Å². The van der Waals surface area contributed by atoms with Gasteiger partial charge in [-0.2, -0.15) is 0 Å². The van der Waals surface area contributed by atoms with Gasteiger partial charge in [-0.15, -0.1) is 0 Å². The molecular weight excluding hydrogens is 518 g/mol. The van der Waals surface area contributed by atoms with E-state index in [9.17, 15) is 0 Å². The largest absolute Gasteiger partial charge is 1.00 e. The maximum Gasteiger partial charge on any atom is -1.00 e. The van der Waals surface area contributed by atoms with Gasteiger partial charge in [-0.1, -0.05) is 0 Å². The molecule has 2 aromatic rings. The average Bonchev–Trinajstić information content (AvgIpc) is 2.94. The summed E-state index contributed by atoms with van der Waals surface area (Å²) in [5, 5.41) is 3.47. The van der Waals surface area contributed by atoms with E-state index in [-0.39, 0.29) is 24.8 Å². The fraction of sp³-hybridized carbons (Fsp3) is 0.200. The van der Waals surface area contributed by atoms with Crippen LogP contribution in [0.4, 0.5) is 0 Å². The molecule has 119 valence electrons. The Hall–Kier alpha value is -0.413. The number of benzene rings is 2. The van der Waals surface area contributed by atoms with E-state index in [1.165, 1.54) is 29.9 Å². The van der Waals surface area contributed by atoms with E-state index in [2.05, 4.69) is 61.7 Å². The topological polar surface area (TPSA) is 0 Å². The standard InChI is InChI=1S/C20H17Si.2ClH.Hf/c1-21(2)18-12-16-15-10-6-5-9-14(15)11-17(16)19(20(18)21)13-7-3-4-8-13;;;/h3-7,9-12H,8H2,1-2H3;2*1H;/q;;;+2/p-2. The van der Waals surface area contributed by atoms with Crippen molar-refractivity contribution in [3.8, 4) is 11.1 Å². The average molecular weight is 535 g/mol. The maximum absolute atomic E-state index is 2.56. The smallest absolute Gasteiger partial charge is 1.00 e. The molecule has 0 amide bonds. The van der Waals surface area contributed by atoms with Crippen LogP contribution in [0, 0.1) is 0 Å². The monoisotopic (exact) mass is 535 g/mol. The van der Waals surface area contributed by atoms with Gasteiger partial charge >= 0.3 is 148 Å². The molecule has 1 aliphatic heterocycles. The number of hydrogen-bond donors (Lipinski definition) is 0. The number of hydrogen-bond acceptors (Lipinski definition) is 0. The normalized spacial score (nSPS) is 20.3. The Bertz CT molecular complexity index is 912. The quantitative estimate of drug-likeness (QED) is 0.364. The second-order valence-electron chi connectivity index (χ2n) is 7.10. The molecule has 1 atom stereocenters. The zero-order valence-electron chi connectivity index (χ0n) is 13.7. The van der Waals surface area contributed by atoms with Gasteiger partial charge in [0.2, 0.25) is 0 Å². The molecule has 0 bridgehead atoms. The summed E-state index contributed by atoms with van der Waals surface area (Å²) >= 11 is 1.20. The van der Waals surface area contributed by atoms with Gasteiger partial charge in [0.05, 0.1) is 0 Å². The second-order valence-corrected chi connectivity index (χ2v) is 13.5. The fourth-order valence-electron chi connectivity index (χ4n) is 4.33. The fourth-order valence-corrected chi connectivity index (χ4v) is 9.68. The zero-order valence-corrected chi connectivity index (χ0v) is 19.8. The number of halogens is 2. The molecule has 0 saturated carbocycles. The van der Waals surface area contributed by atoms with Crippen molar-refractivity contribution in [2.75, 3.05) is 0 Å². The van der Waals surface area contributed by atoms with Crippen LogP contribution in [0.25, 0.3) is 16.7 Å². The van der Waals surface area contributed by atoms with Gasteiger partial charge in [0, 0.05) is 0 Å². The van der Waals surface area contributed by atoms with Crippen molar-refractivity contribution in [3.63, 3.8) is 0 Å². The van der Waals surface area contributed by atoms with E-state index in [0.717, 1.165) is 6.42 Å². The van der Waals surface area contributed by atoms with Crippen LogP contribution in [0.15, 0.2) is 48.6 Å². The Kier molecular flexibility index (Phi) is 4.66. The van der Waals surface area contributed by atoms with Crippen molar-refractivity contribution in [3.05, 3.63) is 65.3 Å². The summed E-state index contributed by atoms with van der Waals surface area (Å²) in [6.07, 6.45) is 8.03. The van der Waals surface area contributed by atoms with Crippen LogP contribution in [0.2, 0.25) is 13.1 Å². The molecule has 0 aromatic heterocycles. The van der Waals surface area contributed by atoms with Crippen molar-refractivity contribution in [1.29, 1.82) is 0 Å². The summed E-state index contributed by atoms with van der Waals surface area (Å²) in [6.45, 7) is 5.04. The summed E-state index contributed by atoms with van der Waals surface area (Å²) < 4.78 is 0.665. The molecule has 5 rings (SSSR count). The first-order valence-corrected chi connectivity index (χ1v) is 13.1. The molecule has 0 spiro atoms.